The molecule has 1 N–H and O–H groups in total. The summed E-state index contributed by atoms with van der Waals surface area (Å²) in [6.45, 7) is 10.7. The normalized spacial score (nSPS) is 15.1. The van der Waals surface area contributed by atoms with Crippen LogP contribution in [0, 0.1) is 13.8 Å². The third-order valence-corrected chi connectivity index (χ3v) is 3.16. The van der Waals surface area contributed by atoms with Crippen molar-refractivity contribution in [1.29, 1.82) is 0 Å². The first-order valence-corrected chi connectivity index (χ1v) is 6.41. The SMILES string of the molecule is CCCC(CC)NC(C)c1cc(C)oc1C. The van der Waals surface area contributed by atoms with Gasteiger partial charge in [-0.3, -0.25) is 0 Å². The van der Waals surface area contributed by atoms with Gasteiger partial charge in [-0.25, -0.2) is 0 Å². The maximum atomic E-state index is 5.57. The number of furan rings is 1. The smallest absolute Gasteiger partial charge is 0.105 e. The molecule has 0 aliphatic carbocycles. The Bertz CT molecular complexity index is 317. The molecule has 92 valence electrons. The van der Waals surface area contributed by atoms with E-state index in [9.17, 15) is 0 Å². The van der Waals surface area contributed by atoms with Gasteiger partial charge in [0.1, 0.15) is 11.5 Å². The minimum atomic E-state index is 0.383. The van der Waals surface area contributed by atoms with Crippen LogP contribution in [0.25, 0.3) is 0 Å². The van der Waals surface area contributed by atoms with Gasteiger partial charge in [0.2, 0.25) is 0 Å². The van der Waals surface area contributed by atoms with Crippen LogP contribution < -0.4 is 5.32 Å². The molecule has 1 aromatic rings. The van der Waals surface area contributed by atoms with Gasteiger partial charge in [-0.1, -0.05) is 20.3 Å². The van der Waals surface area contributed by atoms with E-state index in [1.807, 2.05) is 13.8 Å². The molecular weight excluding hydrogens is 198 g/mol. The van der Waals surface area contributed by atoms with Crippen molar-refractivity contribution in [3.05, 3.63) is 23.2 Å². The summed E-state index contributed by atoms with van der Waals surface area (Å²) in [4.78, 5) is 0. The Kier molecular flexibility index (Phi) is 5.07. The molecule has 2 heteroatoms. The molecule has 1 heterocycles. The molecule has 0 aromatic carbocycles. The fourth-order valence-corrected chi connectivity index (χ4v) is 2.28. The van der Waals surface area contributed by atoms with Crippen LogP contribution in [-0.2, 0) is 0 Å². The van der Waals surface area contributed by atoms with Gasteiger partial charge in [0.05, 0.1) is 0 Å². The maximum absolute atomic E-state index is 5.57. The molecule has 0 saturated heterocycles. The fourth-order valence-electron chi connectivity index (χ4n) is 2.28. The highest BCUT2D eigenvalue weighted by molar-refractivity contribution is 5.23. The lowest BCUT2D eigenvalue weighted by Crippen LogP contribution is -2.30. The molecule has 0 fully saturated rings. The number of nitrogens with one attached hydrogen (secondary N) is 1. The van der Waals surface area contributed by atoms with Crippen LogP contribution in [0.1, 0.15) is 63.2 Å². The quantitative estimate of drug-likeness (QED) is 0.784. The molecule has 0 spiro atoms. The fraction of sp³-hybridized carbons (Fsp3) is 0.714. The average molecular weight is 223 g/mol. The van der Waals surface area contributed by atoms with E-state index in [4.69, 9.17) is 4.42 Å². The first-order chi connectivity index (χ1) is 7.58. The highest BCUT2D eigenvalue weighted by Crippen LogP contribution is 2.22. The number of rotatable bonds is 6. The van der Waals surface area contributed by atoms with Gasteiger partial charge in [0.15, 0.2) is 0 Å². The summed E-state index contributed by atoms with van der Waals surface area (Å²) in [6, 6.07) is 3.15. The van der Waals surface area contributed by atoms with Crippen LogP contribution in [0.2, 0.25) is 0 Å². The highest BCUT2D eigenvalue weighted by Gasteiger charge is 2.15. The predicted octanol–water partition coefficient (Wildman–Crippen LogP) is 4.13. The van der Waals surface area contributed by atoms with Crippen molar-refractivity contribution in [2.45, 2.75) is 66.0 Å². The lowest BCUT2D eigenvalue weighted by molar-refractivity contribution is 0.411. The van der Waals surface area contributed by atoms with Crippen LogP contribution in [0.4, 0.5) is 0 Å². The Morgan fingerprint density at radius 1 is 1.31 bits per heavy atom. The molecule has 1 rings (SSSR count). The molecule has 2 nitrogen and oxygen atoms in total. The standard InChI is InChI=1S/C14H25NO/c1-6-8-13(7-2)15-11(4)14-9-10(3)16-12(14)5/h9,11,13,15H,6-8H2,1-5H3. The van der Waals surface area contributed by atoms with E-state index < -0.39 is 0 Å². The first kappa shape index (κ1) is 13.3. The van der Waals surface area contributed by atoms with Crippen LogP contribution in [0.15, 0.2) is 10.5 Å². The molecule has 0 aliphatic heterocycles. The molecule has 0 amide bonds. The molecule has 2 unspecified atom stereocenters. The minimum Gasteiger partial charge on any atom is -0.466 e. The second-order valence-corrected chi connectivity index (χ2v) is 4.65. The minimum absolute atomic E-state index is 0.383. The Balaban J connectivity index is 2.63. The van der Waals surface area contributed by atoms with Crippen molar-refractivity contribution in [3.63, 3.8) is 0 Å². The van der Waals surface area contributed by atoms with E-state index in [1.54, 1.807) is 0 Å². The number of aryl methyl sites for hydroxylation is 2. The first-order valence-electron chi connectivity index (χ1n) is 6.41. The summed E-state index contributed by atoms with van der Waals surface area (Å²) in [6.07, 6.45) is 3.67. The summed E-state index contributed by atoms with van der Waals surface area (Å²) in [5.41, 5.74) is 1.30. The topological polar surface area (TPSA) is 25.2 Å². The van der Waals surface area contributed by atoms with Crippen LogP contribution >= 0.6 is 0 Å². The molecule has 16 heavy (non-hydrogen) atoms. The largest absolute Gasteiger partial charge is 0.466 e. The van der Waals surface area contributed by atoms with Crippen LogP contribution in [0.3, 0.4) is 0 Å². The molecule has 0 aliphatic rings. The van der Waals surface area contributed by atoms with Gasteiger partial charge in [-0.2, -0.15) is 0 Å². The Morgan fingerprint density at radius 3 is 2.44 bits per heavy atom. The molecule has 1 aromatic heterocycles. The van der Waals surface area contributed by atoms with E-state index >= 15 is 0 Å². The third-order valence-electron chi connectivity index (χ3n) is 3.16. The van der Waals surface area contributed by atoms with Crippen molar-refractivity contribution in [1.82, 2.24) is 5.32 Å². The van der Waals surface area contributed by atoms with Gasteiger partial charge < -0.3 is 9.73 Å². The van der Waals surface area contributed by atoms with E-state index in [-0.39, 0.29) is 0 Å². The number of hydrogen-bond acceptors (Lipinski definition) is 2. The van der Waals surface area contributed by atoms with Gasteiger partial charge in [-0.15, -0.1) is 0 Å². The zero-order valence-electron chi connectivity index (χ0n) is 11.3. The zero-order chi connectivity index (χ0) is 12.1. The van der Waals surface area contributed by atoms with E-state index in [0.717, 1.165) is 11.5 Å². The van der Waals surface area contributed by atoms with Crippen LogP contribution in [-0.4, -0.2) is 6.04 Å². The Labute approximate surface area is 99.4 Å². The lowest BCUT2D eigenvalue weighted by Gasteiger charge is -2.21. The van der Waals surface area contributed by atoms with Crippen molar-refractivity contribution in [2.24, 2.45) is 0 Å². The molecular formula is C14H25NO. The summed E-state index contributed by atoms with van der Waals surface area (Å²) >= 11 is 0. The van der Waals surface area contributed by atoms with Crippen molar-refractivity contribution in [2.75, 3.05) is 0 Å². The van der Waals surface area contributed by atoms with Crippen molar-refractivity contribution >= 4 is 0 Å². The summed E-state index contributed by atoms with van der Waals surface area (Å²) < 4.78 is 5.57. The second kappa shape index (κ2) is 6.09. The van der Waals surface area contributed by atoms with Crippen LogP contribution in [0.5, 0.6) is 0 Å². The van der Waals surface area contributed by atoms with Crippen molar-refractivity contribution < 1.29 is 4.42 Å². The summed E-state index contributed by atoms with van der Waals surface area (Å²) in [7, 11) is 0. The lowest BCUT2D eigenvalue weighted by atomic mass is 10.0. The maximum Gasteiger partial charge on any atom is 0.105 e. The number of hydrogen-bond donors (Lipinski definition) is 1. The van der Waals surface area contributed by atoms with E-state index in [2.05, 4.69) is 32.2 Å². The molecule has 0 bridgehead atoms. The molecule has 0 radical (unpaired) electrons. The predicted molar refractivity (Wildman–Crippen MR) is 68.7 cm³/mol. The molecule has 2 atom stereocenters. The average Bonchev–Trinajstić information content (AvgIpc) is 2.57. The molecule has 0 saturated carbocycles. The zero-order valence-corrected chi connectivity index (χ0v) is 11.3. The monoisotopic (exact) mass is 223 g/mol. The van der Waals surface area contributed by atoms with Gasteiger partial charge in [0.25, 0.3) is 0 Å². The summed E-state index contributed by atoms with van der Waals surface area (Å²) in [5.74, 6) is 2.05. The van der Waals surface area contributed by atoms with Gasteiger partial charge in [0, 0.05) is 17.6 Å². The highest BCUT2D eigenvalue weighted by atomic mass is 16.3. The van der Waals surface area contributed by atoms with Crippen molar-refractivity contribution in [3.8, 4) is 0 Å². The van der Waals surface area contributed by atoms with E-state index in [0.29, 0.717) is 12.1 Å². The van der Waals surface area contributed by atoms with E-state index in [1.165, 1.54) is 24.8 Å². The Hall–Kier alpha value is -0.760. The Morgan fingerprint density at radius 2 is 2.00 bits per heavy atom. The third kappa shape index (κ3) is 3.38. The van der Waals surface area contributed by atoms with Gasteiger partial charge >= 0.3 is 0 Å². The van der Waals surface area contributed by atoms with Gasteiger partial charge in [-0.05, 0) is 39.7 Å². The second-order valence-electron chi connectivity index (χ2n) is 4.65. The summed E-state index contributed by atoms with van der Waals surface area (Å²) in [5, 5.41) is 3.68.